The van der Waals surface area contributed by atoms with E-state index in [4.69, 9.17) is 4.98 Å². The summed E-state index contributed by atoms with van der Waals surface area (Å²) in [5, 5.41) is 9.63. The van der Waals surface area contributed by atoms with Crippen molar-refractivity contribution in [2.45, 2.75) is 40.2 Å². The molecule has 0 bridgehead atoms. The van der Waals surface area contributed by atoms with Crippen molar-refractivity contribution in [3.05, 3.63) is 10.8 Å². The largest absolute Gasteiger partial charge is 0.359 e. The lowest BCUT2D eigenvalue weighted by molar-refractivity contribution is 0.763. The maximum Gasteiger partial charge on any atom is 0.185 e. The highest BCUT2D eigenvalue weighted by molar-refractivity contribution is 7.14. The smallest absolute Gasteiger partial charge is 0.185 e. The first-order valence-corrected chi connectivity index (χ1v) is 8.86. The van der Waals surface area contributed by atoms with Gasteiger partial charge in [-0.15, -0.1) is 22.7 Å². The SMILES string of the molecule is CCC(C)Nc1nc(-c2csc(N(CC)CC)n2)cs1. The van der Waals surface area contributed by atoms with Gasteiger partial charge in [0.15, 0.2) is 10.3 Å². The fourth-order valence-corrected chi connectivity index (χ4v) is 3.56. The van der Waals surface area contributed by atoms with Crippen molar-refractivity contribution in [2.24, 2.45) is 0 Å². The number of nitrogens with one attached hydrogen (secondary N) is 1. The topological polar surface area (TPSA) is 41.1 Å². The van der Waals surface area contributed by atoms with Gasteiger partial charge in [0.05, 0.1) is 0 Å². The minimum atomic E-state index is 0.454. The molecule has 20 heavy (non-hydrogen) atoms. The molecule has 2 aromatic rings. The molecule has 0 saturated heterocycles. The average Bonchev–Trinajstić information content (AvgIpc) is 3.09. The second kappa shape index (κ2) is 7.04. The summed E-state index contributed by atoms with van der Waals surface area (Å²) in [5.41, 5.74) is 1.95. The number of hydrogen-bond acceptors (Lipinski definition) is 6. The number of rotatable bonds is 7. The molecular formula is C14H22N4S2. The Bertz CT molecular complexity index is 531. The highest BCUT2D eigenvalue weighted by Crippen LogP contribution is 2.29. The Morgan fingerprint density at radius 1 is 1.10 bits per heavy atom. The molecule has 110 valence electrons. The summed E-state index contributed by atoms with van der Waals surface area (Å²) in [4.78, 5) is 11.6. The molecule has 0 aromatic carbocycles. The molecule has 1 N–H and O–H groups in total. The predicted octanol–water partition coefficient (Wildman–Crippen LogP) is 4.32. The molecule has 0 aliphatic heterocycles. The van der Waals surface area contributed by atoms with Gasteiger partial charge in [0.25, 0.3) is 0 Å². The van der Waals surface area contributed by atoms with Crippen LogP contribution in [0.5, 0.6) is 0 Å². The first-order valence-electron chi connectivity index (χ1n) is 7.10. The highest BCUT2D eigenvalue weighted by atomic mass is 32.1. The zero-order valence-corrected chi connectivity index (χ0v) is 14.1. The Labute approximate surface area is 128 Å². The van der Waals surface area contributed by atoms with Gasteiger partial charge in [-0.2, -0.15) is 0 Å². The van der Waals surface area contributed by atoms with Crippen molar-refractivity contribution < 1.29 is 0 Å². The minimum absolute atomic E-state index is 0.454. The lowest BCUT2D eigenvalue weighted by Crippen LogP contribution is -2.21. The summed E-state index contributed by atoms with van der Waals surface area (Å²) >= 11 is 3.33. The lowest BCUT2D eigenvalue weighted by atomic mass is 10.3. The standard InChI is InChI=1S/C14H22N4S2/c1-5-10(4)15-13-16-11(8-19-13)12-9-20-14(17-12)18(6-2)7-3/h8-10H,5-7H2,1-4H3,(H,15,16). The van der Waals surface area contributed by atoms with Crippen LogP contribution in [0.3, 0.4) is 0 Å². The van der Waals surface area contributed by atoms with E-state index in [1.54, 1.807) is 22.7 Å². The van der Waals surface area contributed by atoms with Crippen LogP contribution in [0.15, 0.2) is 10.8 Å². The monoisotopic (exact) mass is 310 g/mol. The Hall–Kier alpha value is -1.14. The van der Waals surface area contributed by atoms with Crippen LogP contribution in [-0.2, 0) is 0 Å². The summed E-state index contributed by atoms with van der Waals surface area (Å²) in [6.07, 6.45) is 1.09. The molecule has 2 heterocycles. The first kappa shape index (κ1) is 15.3. The molecule has 2 aromatic heterocycles. The maximum absolute atomic E-state index is 4.70. The molecule has 2 rings (SSSR count). The average molecular weight is 310 g/mol. The second-order valence-corrected chi connectivity index (χ2v) is 6.37. The van der Waals surface area contributed by atoms with Gasteiger partial charge in [-0.25, -0.2) is 9.97 Å². The zero-order chi connectivity index (χ0) is 14.5. The molecule has 1 unspecified atom stereocenters. The third-order valence-electron chi connectivity index (χ3n) is 3.27. The van der Waals surface area contributed by atoms with Gasteiger partial charge in [-0.3, -0.25) is 0 Å². The van der Waals surface area contributed by atoms with Gasteiger partial charge >= 0.3 is 0 Å². The summed E-state index contributed by atoms with van der Waals surface area (Å²) in [5.74, 6) is 0. The molecule has 0 saturated carbocycles. The summed E-state index contributed by atoms with van der Waals surface area (Å²) in [6, 6.07) is 0.454. The van der Waals surface area contributed by atoms with E-state index in [-0.39, 0.29) is 0 Å². The summed E-state index contributed by atoms with van der Waals surface area (Å²) < 4.78 is 0. The van der Waals surface area contributed by atoms with Crippen molar-refractivity contribution in [3.8, 4) is 11.4 Å². The van der Waals surface area contributed by atoms with Crippen LogP contribution in [-0.4, -0.2) is 29.1 Å². The molecule has 0 radical (unpaired) electrons. The quantitative estimate of drug-likeness (QED) is 0.826. The Balaban J connectivity index is 2.12. The van der Waals surface area contributed by atoms with Crippen LogP contribution in [0.25, 0.3) is 11.4 Å². The van der Waals surface area contributed by atoms with E-state index in [1.807, 2.05) is 0 Å². The van der Waals surface area contributed by atoms with Crippen molar-refractivity contribution >= 4 is 32.9 Å². The molecular weight excluding hydrogens is 288 g/mol. The van der Waals surface area contributed by atoms with Crippen molar-refractivity contribution in [1.29, 1.82) is 0 Å². The first-order chi connectivity index (χ1) is 9.67. The van der Waals surface area contributed by atoms with Crippen LogP contribution in [0.4, 0.5) is 10.3 Å². The molecule has 1 atom stereocenters. The minimum Gasteiger partial charge on any atom is -0.359 e. The third kappa shape index (κ3) is 3.49. The zero-order valence-electron chi connectivity index (χ0n) is 12.5. The summed E-state index contributed by atoms with van der Waals surface area (Å²) in [7, 11) is 0. The van der Waals surface area contributed by atoms with Gasteiger partial charge in [-0.05, 0) is 27.2 Å². The van der Waals surface area contributed by atoms with E-state index in [0.29, 0.717) is 6.04 Å². The van der Waals surface area contributed by atoms with E-state index >= 15 is 0 Å². The fourth-order valence-electron chi connectivity index (χ4n) is 1.79. The molecule has 0 spiro atoms. The van der Waals surface area contributed by atoms with Gasteiger partial charge in [0.1, 0.15) is 11.4 Å². The lowest BCUT2D eigenvalue weighted by Gasteiger charge is -2.16. The van der Waals surface area contributed by atoms with Crippen molar-refractivity contribution in [3.63, 3.8) is 0 Å². The van der Waals surface area contributed by atoms with Gasteiger partial charge in [0.2, 0.25) is 0 Å². The molecule has 0 fully saturated rings. The van der Waals surface area contributed by atoms with Gasteiger partial charge in [-0.1, -0.05) is 6.92 Å². The summed E-state index contributed by atoms with van der Waals surface area (Å²) in [6.45, 7) is 10.6. The Morgan fingerprint density at radius 2 is 1.75 bits per heavy atom. The predicted molar refractivity (Wildman–Crippen MR) is 90.2 cm³/mol. The van der Waals surface area contributed by atoms with E-state index < -0.39 is 0 Å². The van der Waals surface area contributed by atoms with E-state index in [2.05, 4.69) is 53.7 Å². The number of aromatic nitrogens is 2. The number of hydrogen-bond donors (Lipinski definition) is 1. The van der Waals surface area contributed by atoms with E-state index in [1.165, 1.54) is 0 Å². The van der Waals surface area contributed by atoms with Crippen LogP contribution >= 0.6 is 22.7 Å². The molecule has 4 nitrogen and oxygen atoms in total. The molecule has 0 amide bonds. The van der Waals surface area contributed by atoms with Gasteiger partial charge in [0, 0.05) is 29.9 Å². The third-order valence-corrected chi connectivity index (χ3v) is 4.95. The van der Waals surface area contributed by atoms with E-state index in [9.17, 15) is 0 Å². The number of nitrogens with zero attached hydrogens (tertiary/aromatic N) is 3. The Morgan fingerprint density at radius 3 is 2.40 bits per heavy atom. The number of anilines is 2. The van der Waals surface area contributed by atoms with Crippen molar-refractivity contribution in [1.82, 2.24) is 9.97 Å². The normalized spacial score (nSPS) is 12.4. The number of thiazole rings is 2. The van der Waals surface area contributed by atoms with E-state index in [0.717, 1.165) is 41.2 Å². The fraction of sp³-hybridized carbons (Fsp3) is 0.571. The highest BCUT2D eigenvalue weighted by Gasteiger charge is 2.12. The Kier molecular flexibility index (Phi) is 5.37. The maximum atomic E-state index is 4.70. The van der Waals surface area contributed by atoms with Crippen LogP contribution < -0.4 is 10.2 Å². The molecule has 0 aliphatic rings. The molecule has 6 heteroatoms. The molecule has 0 aliphatic carbocycles. The van der Waals surface area contributed by atoms with Crippen LogP contribution in [0.2, 0.25) is 0 Å². The van der Waals surface area contributed by atoms with Gasteiger partial charge < -0.3 is 10.2 Å². The second-order valence-electron chi connectivity index (χ2n) is 4.68. The van der Waals surface area contributed by atoms with Crippen molar-refractivity contribution in [2.75, 3.05) is 23.3 Å². The van der Waals surface area contributed by atoms with Crippen LogP contribution in [0.1, 0.15) is 34.1 Å². The van der Waals surface area contributed by atoms with Crippen LogP contribution in [0, 0.1) is 0 Å².